The lowest BCUT2D eigenvalue weighted by Crippen LogP contribution is -2.19. The highest BCUT2D eigenvalue weighted by atomic mass is 16.6. The standard InChI is InChI=1S/C13H16N2O5/c1-19-13(16)9-4-5-12(15(17)18)11(7-9)14-8-10-3-2-6-20-10/h4-5,7,10,14H,2-3,6,8H2,1H3/t10-/m1/s1. The van der Waals surface area contributed by atoms with Crippen LogP contribution in [0.5, 0.6) is 0 Å². The molecule has 0 saturated carbocycles. The lowest BCUT2D eigenvalue weighted by atomic mass is 10.1. The van der Waals surface area contributed by atoms with E-state index >= 15 is 0 Å². The minimum Gasteiger partial charge on any atom is -0.465 e. The largest absolute Gasteiger partial charge is 0.465 e. The number of esters is 1. The highest BCUT2D eigenvalue weighted by Crippen LogP contribution is 2.26. The fourth-order valence-corrected chi connectivity index (χ4v) is 2.11. The van der Waals surface area contributed by atoms with E-state index in [1.165, 1.54) is 25.3 Å². The Morgan fingerprint density at radius 1 is 1.60 bits per heavy atom. The fraction of sp³-hybridized carbons (Fsp3) is 0.462. The molecule has 1 aliphatic heterocycles. The van der Waals surface area contributed by atoms with E-state index in [9.17, 15) is 14.9 Å². The first-order valence-corrected chi connectivity index (χ1v) is 6.34. The second-order valence-electron chi connectivity index (χ2n) is 4.50. The van der Waals surface area contributed by atoms with Crippen molar-refractivity contribution in [1.82, 2.24) is 0 Å². The minimum absolute atomic E-state index is 0.0522. The average molecular weight is 280 g/mol. The van der Waals surface area contributed by atoms with Crippen LogP contribution in [0, 0.1) is 10.1 Å². The molecule has 108 valence electrons. The van der Waals surface area contributed by atoms with Crippen molar-refractivity contribution < 1.29 is 19.2 Å². The number of methoxy groups -OCH3 is 1. The number of nitro benzene ring substituents is 1. The number of anilines is 1. The van der Waals surface area contributed by atoms with Gasteiger partial charge in [-0.1, -0.05) is 0 Å². The van der Waals surface area contributed by atoms with Gasteiger partial charge in [0.1, 0.15) is 5.69 Å². The van der Waals surface area contributed by atoms with E-state index in [4.69, 9.17) is 4.74 Å². The van der Waals surface area contributed by atoms with Crippen LogP contribution in [0.3, 0.4) is 0 Å². The van der Waals surface area contributed by atoms with Crippen molar-refractivity contribution in [1.29, 1.82) is 0 Å². The third-order valence-electron chi connectivity index (χ3n) is 3.16. The third kappa shape index (κ3) is 3.24. The molecule has 0 amide bonds. The summed E-state index contributed by atoms with van der Waals surface area (Å²) < 4.78 is 10.1. The van der Waals surface area contributed by atoms with Gasteiger partial charge in [-0.25, -0.2) is 4.79 Å². The maximum atomic E-state index is 11.5. The zero-order chi connectivity index (χ0) is 14.5. The number of carbonyl (C=O) groups excluding carboxylic acids is 1. The Morgan fingerprint density at radius 3 is 3.00 bits per heavy atom. The molecular formula is C13H16N2O5. The summed E-state index contributed by atoms with van der Waals surface area (Å²) in [6.45, 7) is 1.20. The maximum absolute atomic E-state index is 11.5. The van der Waals surface area contributed by atoms with Gasteiger partial charge in [0.25, 0.3) is 5.69 Å². The smallest absolute Gasteiger partial charge is 0.337 e. The van der Waals surface area contributed by atoms with Crippen molar-refractivity contribution in [2.75, 3.05) is 25.6 Å². The van der Waals surface area contributed by atoms with Gasteiger partial charge in [-0.3, -0.25) is 10.1 Å². The molecule has 1 saturated heterocycles. The van der Waals surface area contributed by atoms with Crippen molar-refractivity contribution in [3.05, 3.63) is 33.9 Å². The van der Waals surface area contributed by atoms with Crippen molar-refractivity contribution in [2.24, 2.45) is 0 Å². The van der Waals surface area contributed by atoms with Gasteiger partial charge in [0.05, 0.1) is 23.7 Å². The molecule has 7 nitrogen and oxygen atoms in total. The summed E-state index contributed by atoms with van der Waals surface area (Å²) in [7, 11) is 1.27. The summed E-state index contributed by atoms with van der Waals surface area (Å²) in [5.41, 5.74) is 0.497. The van der Waals surface area contributed by atoms with Crippen LogP contribution < -0.4 is 5.32 Å². The number of nitrogens with zero attached hydrogens (tertiary/aromatic N) is 1. The number of nitrogens with one attached hydrogen (secondary N) is 1. The summed E-state index contributed by atoms with van der Waals surface area (Å²) >= 11 is 0. The van der Waals surface area contributed by atoms with Crippen LogP contribution in [0.2, 0.25) is 0 Å². The molecule has 2 rings (SSSR count). The summed E-state index contributed by atoms with van der Waals surface area (Å²) in [4.78, 5) is 22.0. The van der Waals surface area contributed by atoms with Gasteiger partial charge in [-0.05, 0) is 25.0 Å². The Bertz CT molecular complexity index is 511. The van der Waals surface area contributed by atoms with Gasteiger partial charge in [-0.15, -0.1) is 0 Å². The third-order valence-corrected chi connectivity index (χ3v) is 3.16. The molecule has 1 heterocycles. The van der Waals surface area contributed by atoms with Crippen molar-refractivity contribution in [3.63, 3.8) is 0 Å². The van der Waals surface area contributed by atoms with Gasteiger partial charge in [0.15, 0.2) is 0 Å². The Labute approximate surface area is 116 Å². The van der Waals surface area contributed by atoms with Crippen LogP contribution in [-0.4, -0.2) is 37.3 Å². The lowest BCUT2D eigenvalue weighted by Gasteiger charge is -2.12. The molecule has 7 heteroatoms. The topological polar surface area (TPSA) is 90.7 Å². The van der Waals surface area contributed by atoms with Crippen LogP contribution in [0.1, 0.15) is 23.2 Å². The molecule has 1 fully saturated rings. The summed E-state index contributed by atoms with van der Waals surface area (Å²) in [5.74, 6) is -0.528. The molecule has 0 spiro atoms. The summed E-state index contributed by atoms with van der Waals surface area (Å²) in [5, 5.41) is 14.0. The van der Waals surface area contributed by atoms with E-state index in [1.807, 2.05) is 0 Å². The van der Waals surface area contributed by atoms with Gasteiger partial charge >= 0.3 is 5.97 Å². The molecule has 1 aromatic carbocycles. The number of benzene rings is 1. The maximum Gasteiger partial charge on any atom is 0.337 e. The Morgan fingerprint density at radius 2 is 2.40 bits per heavy atom. The summed E-state index contributed by atoms with van der Waals surface area (Å²) in [6, 6.07) is 4.10. The van der Waals surface area contributed by atoms with Crippen LogP contribution >= 0.6 is 0 Å². The van der Waals surface area contributed by atoms with E-state index in [1.54, 1.807) is 0 Å². The minimum atomic E-state index is -0.528. The van der Waals surface area contributed by atoms with Gasteiger partial charge in [-0.2, -0.15) is 0 Å². The van der Waals surface area contributed by atoms with Gasteiger partial charge in [0.2, 0.25) is 0 Å². The molecule has 0 radical (unpaired) electrons. The normalized spacial score (nSPS) is 17.8. The van der Waals surface area contributed by atoms with Crippen LogP contribution in [0.25, 0.3) is 0 Å². The number of rotatable bonds is 5. The predicted molar refractivity (Wildman–Crippen MR) is 71.9 cm³/mol. The zero-order valence-electron chi connectivity index (χ0n) is 11.1. The average Bonchev–Trinajstić information content (AvgIpc) is 2.97. The summed E-state index contributed by atoms with van der Waals surface area (Å²) in [6.07, 6.45) is 1.98. The molecule has 1 N–H and O–H groups in total. The second kappa shape index (κ2) is 6.33. The number of hydrogen-bond acceptors (Lipinski definition) is 6. The highest BCUT2D eigenvalue weighted by Gasteiger charge is 2.20. The van der Waals surface area contributed by atoms with Crippen LogP contribution in [-0.2, 0) is 9.47 Å². The SMILES string of the molecule is COC(=O)c1ccc([N+](=O)[O-])c(NC[C@H]2CCCO2)c1. The van der Waals surface area contributed by atoms with Crippen LogP contribution in [0.15, 0.2) is 18.2 Å². The molecule has 0 bridgehead atoms. The first-order valence-electron chi connectivity index (χ1n) is 6.34. The van der Waals surface area contributed by atoms with Crippen molar-refractivity contribution in [3.8, 4) is 0 Å². The number of ether oxygens (including phenoxy) is 2. The molecule has 20 heavy (non-hydrogen) atoms. The predicted octanol–water partition coefficient (Wildman–Crippen LogP) is 1.97. The molecular weight excluding hydrogens is 264 g/mol. The molecule has 1 aliphatic rings. The van der Waals surface area contributed by atoms with E-state index < -0.39 is 10.9 Å². The molecule has 1 aromatic rings. The highest BCUT2D eigenvalue weighted by molar-refractivity contribution is 5.91. The molecule has 0 aliphatic carbocycles. The molecule has 0 aromatic heterocycles. The van der Waals surface area contributed by atoms with Crippen molar-refractivity contribution in [2.45, 2.75) is 18.9 Å². The quantitative estimate of drug-likeness (QED) is 0.504. The van der Waals surface area contributed by atoms with Crippen molar-refractivity contribution >= 4 is 17.3 Å². The first kappa shape index (κ1) is 14.3. The monoisotopic (exact) mass is 280 g/mol. The zero-order valence-corrected chi connectivity index (χ0v) is 11.1. The van der Waals surface area contributed by atoms with E-state index in [-0.39, 0.29) is 17.4 Å². The van der Waals surface area contributed by atoms with Crippen LogP contribution in [0.4, 0.5) is 11.4 Å². The first-order chi connectivity index (χ1) is 9.61. The number of carbonyl (C=O) groups is 1. The molecule has 0 unspecified atom stereocenters. The Kier molecular flexibility index (Phi) is 4.52. The Hall–Kier alpha value is -2.15. The van der Waals surface area contributed by atoms with E-state index in [2.05, 4.69) is 10.1 Å². The van der Waals surface area contributed by atoms with Gasteiger partial charge in [0, 0.05) is 19.2 Å². The number of nitro groups is 1. The fourth-order valence-electron chi connectivity index (χ4n) is 2.11. The lowest BCUT2D eigenvalue weighted by molar-refractivity contribution is -0.384. The number of hydrogen-bond donors (Lipinski definition) is 1. The van der Waals surface area contributed by atoms with E-state index in [0.29, 0.717) is 12.2 Å². The van der Waals surface area contributed by atoms with Gasteiger partial charge < -0.3 is 14.8 Å². The molecule has 1 atom stereocenters. The Balaban J connectivity index is 2.17. The second-order valence-corrected chi connectivity index (χ2v) is 4.50. The van der Waals surface area contributed by atoms with E-state index in [0.717, 1.165) is 19.4 Å².